The van der Waals surface area contributed by atoms with Crippen LogP contribution >= 0.6 is 0 Å². The van der Waals surface area contributed by atoms with Crippen molar-refractivity contribution in [3.05, 3.63) is 30.1 Å². The number of rotatable bonds is 8. The smallest absolute Gasteiger partial charge is 0.219 e. The Morgan fingerprint density at radius 2 is 1.95 bits per heavy atom. The van der Waals surface area contributed by atoms with Gasteiger partial charge < -0.3 is 10.6 Å². The van der Waals surface area contributed by atoms with Crippen molar-refractivity contribution in [2.75, 3.05) is 18.0 Å². The Balaban J connectivity index is 2.60. The quantitative estimate of drug-likeness (QED) is 0.731. The Bertz CT molecular complexity index is 439. The average Bonchev–Trinajstić information content (AvgIpc) is 2.39. The van der Waals surface area contributed by atoms with Gasteiger partial charge in [-0.3, -0.25) is 4.79 Å². The fourth-order valence-corrected chi connectivity index (χ4v) is 1.77. The van der Waals surface area contributed by atoms with E-state index in [1.807, 2.05) is 4.90 Å². The fraction of sp³-hybridized carbons (Fsp3) is 0.429. The number of hydrogen-bond donors (Lipinski definition) is 1. The zero-order valence-corrected chi connectivity index (χ0v) is 10.8. The molecule has 0 unspecified atom stereocenters. The Morgan fingerprint density at radius 3 is 2.53 bits per heavy atom. The van der Waals surface area contributed by atoms with Crippen LogP contribution in [-0.2, 0) is 4.79 Å². The van der Waals surface area contributed by atoms with E-state index in [9.17, 15) is 9.18 Å². The third kappa shape index (κ3) is 5.87. The number of nitriles is 1. The Hall–Kier alpha value is -2.09. The highest BCUT2D eigenvalue weighted by Crippen LogP contribution is 2.16. The molecule has 2 N–H and O–H groups in total. The number of anilines is 1. The molecule has 1 aromatic rings. The summed E-state index contributed by atoms with van der Waals surface area (Å²) in [5, 5.41) is 8.49. The summed E-state index contributed by atoms with van der Waals surface area (Å²) in [5.74, 6) is -0.646. The highest BCUT2D eigenvalue weighted by atomic mass is 19.1. The molecule has 102 valence electrons. The lowest BCUT2D eigenvalue weighted by atomic mass is 10.2. The molecule has 0 spiro atoms. The zero-order valence-electron chi connectivity index (χ0n) is 10.8. The number of nitrogens with zero attached hydrogens (tertiary/aromatic N) is 2. The van der Waals surface area contributed by atoms with Crippen LogP contribution in [0.3, 0.4) is 0 Å². The normalized spacial score (nSPS) is 9.89. The van der Waals surface area contributed by atoms with Gasteiger partial charge in [-0.25, -0.2) is 4.39 Å². The highest BCUT2D eigenvalue weighted by Gasteiger charge is 2.08. The molecule has 0 aliphatic carbocycles. The molecule has 0 radical (unpaired) electrons. The number of amides is 1. The molecular formula is C14H18FN3O. The van der Waals surface area contributed by atoms with Crippen molar-refractivity contribution in [3.63, 3.8) is 0 Å². The van der Waals surface area contributed by atoms with Gasteiger partial charge in [0.25, 0.3) is 0 Å². The molecule has 0 saturated carbocycles. The number of carbonyl (C=O) groups excluding carboxylic acids is 1. The van der Waals surface area contributed by atoms with Crippen LogP contribution in [0.4, 0.5) is 10.1 Å². The van der Waals surface area contributed by atoms with E-state index in [1.54, 1.807) is 12.1 Å². The molecule has 0 aliphatic heterocycles. The van der Waals surface area contributed by atoms with E-state index in [4.69, 9.17) is 11.0 Å². The van der Waals surface area contributed by atoms with Gasteiger partial charge in [-0.05, 0) is 37.1 Å². The summed E-state index contributed by atoms with van der Waals surface area (Å²) in [5.41, 5.74) is 6.01. The van der Waals surface area contributed by atoms with Gasteiger partial charge in [0.15, 0.2) is 0 Å². The lowest BCUT2D eigenvalue weighted by Gasteiger charge is -2.24. The lowest BCUT2D eigenvalue weighted by molar-refractivity contribution is -0.117. The molecule has 19 heavy (non-hydrogen) atoms. The average molecular weight is 263 g/mol. The molecule has 0 aromatic heterocycles. The van der Waals surface area contributed by atoms with Crippen molar-refractivity contribution in [2.45, 2.75) is 25.7 Å². The monoisotopic (exact) mass is 263 g/mol. The van der Waals surface area contributed by atoms with Gasteiger partial charge in [0.05, 0.1) is 6.07 Å². The predicted octanol–water partition coefficient (Wildman–Crippen LogP) is 2.20. The van der Waals surface area contributed by atoms with E-state index in [-0.39, 0.29) is 18.1 Å². The molecular weight excluding hydrogens is 245 g/mol. The standard InChI is InChI=1S/C14H18FN3O/c15-12-4-6-13(7-5-12)18(11-8-14(17)19)10-3-1-2-9-16/h4-7H,1-3,8,10-11H2,(H2,17,19). The predicted molar refractivity (Wildman–Crippen MR) is 71.9 cm³/mol. The van der Waals surface area contributed by atoms with E-state index in [0.29, 0.717) is 13.0 Å². The number of nitrogens with two attached hydrogens (primary N) is 1. The molecule has 4 nitrogen and oxygen atoms in total. The molecule has 1 amide bonds. The SMILES string of the molecule is N#CCCCCN(CCC(N)=O)c1ccc(F)cc1. The van der Waals surface area contributed by atoms with Gasteiger partial charge in [0.1, 0.15) is 5.82 Å². The van der Waals surface area contributed by atoms with Gasteiger partial charge >= 0.3 is 0 Å². The number of primary amides is 1. The van der Waals surface area contributed by atoms with E-state index >= 15 is 0 Å². The van der Waals surface area contributed by atoms with E-state index in [0.717, 1.165) is 25.1 Å². The van der Waals surface area contributed by atoms with E-state index < -0.39 is 0 Å². The van der Waals surface area contributed by atoms with Crippen LogP contribution in [0.15, 0.2) is 24.3 Å². The molecule has 0 heterocycles. The van der Waals surface area contributed by atoms with Crippen LogP contribution in [0.25, 0.3) is 0 Å². The fourth-order valence-electron chi connectivity index (χ4n) is 1.77. The second-order valence-corrected chi connectivity index (χ2v) is 4.29. The number of benzene rings is 1. The summed E-state index contributed by atoms with van der Waals surface area (Å²) < 4.78 is 12.9. The third-order valence-electron chi connectivity index (χ3n) is 2.79. The maximum atomic E-state index is 12.9. The Kier molecular flexibility index (Phi) is 6.37. The minimum atomic E-state index is -0.357. The van der Waals surface area contributed by atoms with Crippen LogP contribution in [0, 0.1) is 17.1 Å². The van der Waals surface area contributed by atoms with Crippen molar-refractivity contribution < 1.29 is 9.18 Å². The van der Waals surface area contributed by atoms with E-state index in [2.05, 4.69) is 6.07 Å². The summed E-state index contributed by atoms with van der Waals surface area (Å²) in [6, 6.07) is 8.24. The zero-order chi connectivity index (χ0) is 14.1. The van der Waals surface area contributed by atoms with Gasteiger partial charge in [-0.15, -0.1) is 0 Å². The van der Waals surface area contributed by atoms with Crippen molar-refractivity contribution in [2.24, 2.45) is 5.73 Å². The van der Waals surface area contributed by atoms with Gasteiger partial charge in [-0.1, -0.05) is 0 Å². The summed E-state index contributed by atoms with van der Waals surface area (Å²) in [4.78, 5) is 12.8. The molecule has 0 aliphatic rings. The Morgan fingerprint density at radius 1 is 1.26 bits per heavy atom. The number of carbonyl (C=O) groups is 1. The maximum absolute atomic E-state index is 12.9. The summed E-state index contributed by atoms with van der Waals surface area (Å²) in [6.45, 7) is 1.23. The first-order chi connectivity index (χ1) is 9.13. The molecule has 1 rings (SSSR count). The van der Waals surface area contributed by atoms with E-state index in [1.165, 1.54) is 12.1 Å². The summed E-state index contributed by atoms with van der Waals surface area (Å²) in [7, 11) is 0. The van der Waals surface area contributed by atoms with Crippen molar-refractivity contribution in [1.82, 2.24) is 0 Å². The second kappa shape index (κ2) is 8.09. The highest BCUT2D eigenvalue weighted by molar-refractivity contribution is 5.74. The third-order valence-corrected chi connectivity index (χ3v) is 2.79. The van der Waals surface area contributed by atoms with Gasteiger partial charge in [0, 0.05) is 31.6 Å². The van der Waals surface area contributed by atoms with Crippen LogP contribution in [-0.4, -0.2) is 19.0 Å². The minimum Gasteiger partial charge on any atom is -0.371 e. The van der Waals surface area contributed by atoms with Crippen molar-refractivity contribution >= 4 is 11.6 Å². The molecule has 0 bridgehead atoms. The first-order valence-electron chi connectivity index (χ1n) is 6.29. The number of unbranched alkanes of at least 4 members (excludes halogenated alkanes) is 2. The molecule has 0 fully saturated rings. The van der Waals surface area contributed by atoms with Gasteiger partial charge in [-0.2, -0.15) is 5.26 Å². The molecule has 0 atom stereocenters. The topological polar surface area (TPSA) is 70.1 Å². The summed E-state index contributed by atoms with van der Waals surface area (Å²) >= 11 is 0. The number of halogens is 1. The van der Waals surface area contributed by atoms with Crippen LogP contribution in [0.1, 0.15) is 25.7 Å². The Labute approximate surface area is 112 Å². The molecule has 0 saturated heterocycles. The second-order valence-electron chi connectivity index (χ2n) is 4.29. The van der Waals surface area contributed by atoms with Crippen LogP contribution in [0.2, 0.25) is 0 Å². The molecule has 5 heteroatoms. The maximum Gasteiger partial charge on any atom is 0.219 e. The first-order valence-corrected chi connectivity index (χ1v) is 6.29. The largest absolute Gasteiger partial charge is 0.371 e. The first kappa shape index (κ1) is 15.0. The number of hydrogen-bond acceptors (Lipinski definition) is 3. The minimum absolute atomic E-state index is 0.260. The van der Waals surface area contributed by atoms with Gasteiger partial charge in [0.2, 0.25) is 5.91 Å². The molecule has 1 aromatic carbocycles. The summed E-state index contributed by atoms with van der Waals surface area (Å²) in [6.07, 6.45) is 2.44. The van der Waals surface area contributed by atoms with Crippen LogP contribution < -0.4 is 10.6 Å². The lowest BCUT2D eigenvalue weighted by Crippen LogP contribution is -2.29. The van der Waals surface area contributed by atoms with Crippen molar-refractivity contribution in [3.8, 4) is 6.07 Å². The van der Waals surface area contributed by atoms with Crippen molar-refractivity contribution in [1.29, 1.82) is 5.26 Å². The van der Waals surface area contributed by atoms with Crippen LogP contribution in [0.5, 0.6) is 0 Å².